The number of aliphatic hydroxyl groups excluding tert-OH is 1. The number of esters is 1. The Labute approximate surface area is 249 Å². The molecule has 0 unspecified atom stereocenters. The molecule has 3 rings (SSSR count). The minimum absolute atomic E-state index is 0.00138. The number of hydrogen-bond acceptors (Lipinski definition) is 9. The zero-order valence-electron chi connectivity index (χ0n) is 25.8. The molecule has 1 spiro atoms. The third-order valence-corrected chi connectivity index (χ3v) is 8.03. The third-order valence-electron chi connectivity index (χ3n) is 8.03. The molecule has 11 heteroatoms. The van der Waals surface area contributed by atoms with Crippen molar-refractivity contribution >= 4 is 17.8 Å². The van der Waals surface area contributed by atoms with Crippen LogP contribution in [0.5, 0.6) is 0 Å². The van der Waals surface area contributed by atoms with E-state index < -0.39 is 29.9 Å². The first-order valence-electron chi connectivity index (χ1n) is 15.0. The number of ether oxygens (including phenoxy) is 4. The number of aliphatic hydroxyl groups is 1. The topological polar surface area (TPSA) is 148 Å². The summed E-state index contributed by atoms with van der Waals surface area (Å²) in [5, 5.41) is 19.7. The number of allylic oxidation sites excluding steroid dienone is 2. The van der Waals surface area contributed by atoms with Crippen molar-refractivity contribution in [1.82, 2.24) is 16.0 Å². The molecular weight excluding hydrogens is 542 g/mol. The van der Waals surface area contributed by atoms with Crippen molar-refractivity contribution in [3.8, 4) is 0 Å². The largest absolute Gasteiger partial charge is 0.459 e. The highest BCUT2D eigenvalue weighted by atomic mass is 16.6. The fourth-order valence-corrected chi connectivity index (χ4v) is 5.49. The van der Waals surface area contributed by atoms with Crippen LogP contribution in [0.15, 0.2) is 36.0 Å². The number of epoxide rings is 1. The predicted octanol–water partition coefficient (Wildman–Crippen LogP) is 1.70. The van der Waals surface area contributed by atoms with Crippen LogP contribution in [0.3, 0.4) is 0 Å². The van der Waals surface area contributed by atoms with Gasteiger partial charge in [-0.1, -0.05) is 30.7 Å². The Hall–Kier alpha value is -2.57. The van der Waals surface area contributed by atoms with E-state index in [1.807, 2.05) is 33.0 Å². The number of carbonyl (C=O) groups is 3. The molecule has 3 aliphatic rings. The summed E-state index contributed by atoms with van der Waals surface area (Å²) in [5.74, 6) is -0.500. The maximum absolute atomic E-state index is 12.4. The molecule has 0 aliphatic carbocycles. The van der Waals surface area contributed by atoms with Crippen LogP contribution in [0.2, 0.25) is 0 Å². The molecule has 0 aromatic heterocycles. The van der Waals surface area contributed by atoms with Gasteiger partial charge in [-0.25, -0.2) is 0 Å². The molecule has 0 bridgehead atoms. The first-order valence-corrected chi connectivity index (χ1v) is 15.0. The quantitative estimate of drug-likeness (QED) is 0.0826. The molecule has 9 atom stereocenters. The van der Waals surface area contributed by atoms with Crippen LogP contribution >= 0.6 is 0 Å². The first kappa shape index (κ1) is 33.9. The zero-order chi connectivity index (χ0) is 30.9. The van der Waals surface area contributed by atoms with E-state index in [4.69, 9.17) is 18.9 Å². The van der Waals surface area contributed by atoms with Crippen molar-refractivity contribution in [1.29, 1.82) is 0 Å². The second-order valence-electron chi connectivity index (χ2n) is 11.8. The number of nitrogens with one attached hydrogen (secondary N) is 3. The molecule has 4 N–H and O–H groups in total. The average molecular weight is 592 g/mol. The first-order chi connectivity index (χ1) is 19.9. The standard InChI is InChI=1S/C31H49N3O8/c1-19(8-11-27-30(38)31(18-39-31)17-24(42-27)16-29(37)33-14-13-32-6)7-10-26-20(2)15-25(22(4)41-26)34-28(36)12-9-21(3)40-23(5)35/h7-9,11-12,20-22,24-27,30,32,38H,10,13-18H2,1-6H3,(H,33,37)(H,34,36)/b11-8+,12-9-,19-7+/t20-,21-,22+,24+,25+,26-,27+,30+,31+/m0/s1. The Kier molecular flexibility index (Phi) is 12.7. The summed E-state index contributed by atoms with van der Waals surface area (Å²) >= 11 is 0. The second-order valence-corrected chi connectivity index (χ2v) is 11.8. The lowest BCUT2D eigenvalue weighted by atomic mass is 9.87. The number of rotatable bonds is 13. The molecule has 11 nitrogen and oxygen atoms in total. The van der Waals surface area contributed by atoms with E-state index >= 15 is 0 Å². The van der Waals surface area contributed by atoms with E-state index in [1.54, 1.807) is 13.0 Å². The van der Waals surface area contributed by atoms with Gasteiger partial charge >= 0.3 is 5.97 Å². The molecule has 3 aliphatic heterocycles. The van der Waals surface area contributed by atoms with Crippen molar-refractivity contribution in [2.75, 3.05) is 26.7 Å². The van der Waals surface area contributed by atoms with Gasteiger partial charge in [0.25, 0.3) is 0 Å². The van der Waals surface area contributed by atoms with Gasteiger partial charge in [-0.3, -0.25) is 14.4 Å². The lowest BCUT2D eigenvalue weighted by Crippen LogP contribution is -2.51. The van der Waals surface area contributed by atoms with Crippen LogP contribution < -0.4 is 16.0 Å². The van der Waals surface area contributed by atoms with Crippen LogP contribution in [-0.2, 0) is 33.3 Å². The van der Waals surface area contributed by atoms with Crippen molar-refractivity contribution in [3.05, 3.63) is 36.0 Å². The smallest absolute Gasteiger partial charge is 0.303 e. The van der Waals surface area contributed by atoms with Crippen LogP contribution in [-0.4, -0.2) is 97.9 Å². The molecule has 236 valence electrons. The van der Waals surface area contributed by atoms with Gasteiger partial charge in [0, 0.05) is 32.5 Å². The van der Waals surface area contributed by atoms with Gasteiger partial charge in [0.15, 0.2) is 0 Å². The summed E-state index contributed by atoms with van der Waals surface area (Å²) in [6, 6.07) is -0.123. The highest BCUT2D eigenvalue weighted by Crippen LogP contribution is 2.43. The summed E-state index contributed by atoms with van der Waals surface area (Å²) in [4.78, 5) is 35.7. The summed E-state index contributed by atoms with van der Waals surface area (Å²) in [6.45, 7) is 10.8. The summed E-state index contributed by atoms with van der Waals surface area (Å²) in [6.07, 6.45) is 8.71. The van der Waals surface area contributed by atoms with E-state index in [2.05, 4.69) is 29.0 Å². The van der Waals surface area contributed by atoms with Crippen LogP contribution in [0.4, 0.5) is 0 Å². The lowest BCUT2D eigenvalue weighted by Gasteiger charge is -2.39. The molecule has 3 heterocycles. The molecule has 0 radical (unpaired) electrons. The van der Waals surface area contributed by atoms with E-state index in [-0.39, 0.29) is 48.5 Å². The van der Waals surface area contributed by atoms with Crippen molar-refractivity contribution in [3.63, 3.8) is 0 Å². The second kappa shape index (κ2) is 15.8. The van der Waals surface area contributed by atoms with E-state index in [0.29, 0.717) is 32.5 Å². The predicted molar refractivity (Wildman–Crippen MR) is 157 cm³/mol. The Bertz CT molecular complexity index is 1020. The van der Waals surface area contributed by atoms with Crippen LogP contribution in [0, 0.1) is 5.92 Å². The van der Waals surface area contributed by atoms with Gasteiger partial charge in [0.2, 0.25) is 11.8 Å². The van der Waals surface area contributed by atoms with Gasteiger partial charge in [-0.15, -0.1) is 0 Å². The normalized spacial score (nSPS) is 34.0. The number of amides is 2. The van der Waals surface area contributed by atoms with Crippen LogP contribution in [0.1, 0.15) is 60.3 Å². The zero-order valence-corrected chi connectivity index (χ0v) is 25.8. The molecule has 42 heavy (non-hydrogen) atoms. The van der Waals surface area contributed by atoms with Gasteiger partial charge in [-0.2, -0.15) is 0 Å². The Morgan fingerprint density at radius 1 is 1.14 bits per heavy atom. The maximum Gasteiger partial charge on any atom is 0.303 e. The SMILES string of the molecule is CNCCNC(=O)C[C@@H]1C[C@@]2(CO2)[C@H](O)[C@@H](/C=C/C(C)=C/C[C@@H]2O[C@H](C)[C@H](NC(=O)/C=C\[C@H](C)OC(C)=O)C[C@@H]2C)O1. The minimum Gasteiger partial charge on any atom is -0.459 e. The molecule has 0 saturated carbocycles. The summed E-state index contributed by atoms with van der Waals surface area (Å²) < 4.78 is 23.0. The Morgan fingerprint density at radius 3 is 2.55 bits per heavy atom. The molecule has 0 aromatic carbocycles. The lowest BCUT2D eigenvalue weighted by molar-refractivity contribution is -0.145. The van der Waals surface area contributed by atoms with E-state index in [9.17, 15) is 19.5 Å². The number of carbonyl (C=O) groups excluding carboxylic acids is 3. The third kappa shape index (κ3) is 10.3. The van der Waals surface area contributed by atoms with Crippen molar-refractivity contribution in [2.24, 2.45) is 5.92 Å². The van der Waals surface area contributed by atoms with Gasteiger partial charge in [0.1, 0.15) is 23.9 Å². The van der Waals surface area contributed by atoms with E-state index in [1.165, 1.54) is 13.0 Å². The molecule has 3 saturated heterocycles. The van der Waals surface area contributed by atoms with Gasteiger partial charge < -0.3 is 40.0 Å². The highest BCUT2D eigenvalue weighted by Gasteiger charge is 2.58. The molecule has 0 aromatic rings. The molecule has 3 fully saturated rings. The fraction of sp³-hybridized carbons (Fsp3) is 0.710. The maximum atomic E-state index is 12.4. The van der Waals surface area contributed by atoms with E-state index in [0.717, 1.165) is 12.0 Å². The molecular formula is C31H49N3O8. The number of hydrogen-bond donors (Lipinski definition) is 4. The monoisotopic (exact) mass is 591 g/mol. The van der Waals surface area contributed by atoms with Crippen molar-refractivity contribution < 1.29 is 38.4 Å². The van der Waals surface area contributed by atoms with Gasteiger partial charge in [-0.05, 0) is 52.7 Å². The fourth-order valence-electron chi connectivity index (χ4n) is 5.49. The van der Waals surface area contributed by atoms with Crippen LogP contribution in [0.25, 0.3) is 0 Å². The molecule has 2 amide bonds. The summed E-state index contributed by atoms with van der Waals surface area (Å²) in [7, 11) is 1.83. The minimum atomic E-state index is -0.792. The number of likely N-dealkylation sites (N-methyl/N-ethyl adjacent to an activating group) is 1. The Morgan fingerprint density at radius 2 is 1.88 bits per heavy atom. The highest BCUT2D eigenvalue weighted by molar-refractivity contribution is 5.87. The van der Waals surface area contributed by atoms with Crippen molar-refractivity contribution in [2.45, 2.75) is 109 Å². The average Bonchev–Trinajstić information content (AvgIpc) is 3.69. The van der Waals surface area contributed by atoms with Gasteiger partial charge in [0.05, 0.1) is 37.4 Å². The summed E-state index contributed by atoms with van der Waals surface area (Å²) in [5.41, 5.74) is 0.374. The Balaban J connectivity index is 1.49.